The molecule has 1 aliphatic carbocycles. The highest BCUT2D eigenvalue weighted by Crippen LogP contribution is 2.28. The molecule has 0 bridgehead atoms. The molecular formula is C12H16N2OS. The van der Waals surface area contributed by atoms with Crippen LogP contribution >= 0.6 is 12.2 Å². The molecule has 0 saturated heterocycles. The number of ether oxygens (including phenoxy) is 1. The molecule has 16 heavy (non-hydrogen) atoms. The van der Waals surface area contributed by atoms with Gasteiger partial charge in [-0.15, -0.1) is 0 Å². The zero-order chi connectivity index (χ0) is 11.4. The largest absolute Gasteiger partial charge is 0.377 e. The fourth-order valence-corrected chi connectivity index (χ4v) is 1.85. The standard InChI is InChI=1S/C12H16N2OS/c1-15-11(10-4-2-3-7-13-10)12(16)14-8-9-5-6-9/h2-4,7,9,11H,5-6,8H2,1H3,(H,14,16). The molecule has 0 aliphatic heterocycles. The van der Waals surface area contributed by atoms with E-state index >= 15 is 0 Å². The lowest BCUT2D eigenvalue weighted by atomic mass is 10.2. The van der Waals surface area contributed by atoms with Crippen molar-refractivity contribution in [2.45, 2.75) is 18.9 Å². The molecular weight excluding hydrogens is 220 g/mol. The van der Waals surface area contributed by atoms with E-state index in [2.05, 4.69) is 10.3 Å². The molecule has 1 aliphatic rings. The number of hydrogen-bond acceptors (Lipinski definition) is 3. The Morgan fingerprint density at radius 2 is 2.44 bits per heavy atom. The number of nitrogens with one attached hydrogen (secondary N) is 1. The van der Waals surface area contributed by atoms with Crippen LogP contribution in [-0.4, -0.2) is 23.6 Å². The van der Waals surface area contributed by atoms with Gasteiger partial charge in [0.2, 0.25) is 0 Å². The summed E-state index contributed by atoms with van der Waals surface area (Å²) in [5.74, 6) is 0.805. The Morgan fingerprint density at radius 3 is 3.00 bits per heavy atom. The normalized spacial score (nSPS) is 16.8. The highest BCUT2D eigenvalue weighted by Gasteiger charge is 2.23. The summed E-state index contributed by atoms with van der Waals surface area (Å²) in [5, 5.41) is 3.26. The lowest BCUT2D eigenvalue weighted by molar-refractivity contribution is 0.153. The lowest BCUT2D eigenvalue weighted by Gasteiger charge is -2.17. The van der Waals surface area contributed by atoms with Crippen LogP contribution in [0.1, 0.15) is 24.6 Å². The molecule has 1 heterocycles. The first-order valence-corrected chi connectivity index (χ1v) is 5.93. The molecule has 2 rings (SSSR count). The molecule has 1 saturated carbocycles. The first-order chi connectivity index (χ1) is 7.81. The maximum atomic E-state index is 5.38. The van der Waals surface area contributed by atoms with Gasteiger partial charge in [0.15, 0.2) is 0 Å². The fourth-order valence-electron chi connectivity index (χ4n) is 1.55. The average Bonchev–Trinajstić information content (AvgIpc) is 3.13. The maximum absolute atomic E-state index is 5.38. The molecule has 0 spiro atoms. The Morgan fingerprint density at radius 1 is 1.62 bits per heavy atom. The van der Waals surface area contributed by atoms with Gasteiger partial charge in [0, 0.05) is 19.9 Å². The van der Waals surface area contributed by atoms with Crippen LogP contribution in [0.2, 0.25) is 0 Å². The van der Waals surface area contributed by atoms with Crippen molar-refractivity contribution >= 4 is 17.2 Å². The summed E-state index contributed by atoms with van der Waals surface area (Å²) in [6.45, 7) is 0.964. The molecule has 1 atom stereocenters. The molecule has 86 valence electrons. The van der Waals surface area contributed by atoms with E-state index < -0.39 is 0 Å². The number of rotatable bonds is 5. The van der Waals surface area contributed by atoms with Gasteiger partial charge in [0.1, 0.15) is 11.1 Å². The van der Waals surface area contributed by atoms with E-state index in [1.807, 2.05) is 18.2 Å². The quantitative estimate of drug-likeness (QED) is 0.794. The van der Waals surface area contributed by atoms with Crippen molar-refractivity contribution in [2.24, 2.45) is 5.92 Å². The van der Waals surface area contributed by atoms with Crippen molar-refractivity contribution in [2.75, 3.05) is 13.7 Å². The second-order valence-corrected chi connectivity index (χ2v) is 4.50. The summed E-state index contributed by atoms with van der Waals surface area (Å²) in [4.78, 5) is 4.99. The number of aromatic nitrogens is 1. The Kier molecular flexibility index (Phi) is 3.85. The Hall–Kier alpha value is -1.00. The van der Waals surface area contributed by atoms with Crippen molar-refractivity contribution in [3.8, 4) is 0 Å². The van der Waals surface area contributed by atoms with Gasteiger partial charge in [-0.25, -0.2) is 0 Å². The van der Waals surface area contributed by atoms with Crippen LogP contribution in [0.5, 0.6) is 0 Å². The predicted octanol–water partition coefficient (Wildman–Crippen LogP) is 2.10. The van der Waals surface area contributed by atoms with Crippen molar-refractivity contribution in [3.05, 3.63) is 30.1 Å². The Bertz CT molecular complexity index is 351. The second kappa shape index (κ2) is 5.37. The van der Waals surface area contributed by atoms with Gasteiger partial charge < -0.3 is 10.1 Å². The minimum absolute atomic E-state index is 0.227. The van der Waals surface area contributed by atoms with E-state index in [0.29, 0.717) is 0 Å². The topological polar surface area (TPSA) is 34.1 Å². The number of thiocarbonyl (C=S) groups is 1. The van der Waals surface area contributed by atoms with Crippen LogP contribution in [-0.2, 0) is 4.74 Å². The van der Waals surface area contributed by atoms with E-state index in [0.717, 1.165) is 23.1 Å². The Labute approximate surface area is 101 Å². The molecule has 3 nitrogen and oxygen atoms in total. The highest BCUT2D eigenvalue weighted by atomic mass is 32.1. The molecule has 0 aromatic carbocycles. The summed E-state index contributed by atoms with van der Waals surface area (Å²) in [5.41, 5.74) is 0.860. The zero-order valence-corrected chi connectivity index (χ0v) is 10.2. The first kappa shape index (κ1) is 11.5. The van der Waals surface area contributed by atoms with Gasteiger partial charge in [-0.1, -0.05) is 18.3 Å². The monoisotopic (exact) mass is 236 g/mol. The molecule has 1 unspecified atom stereocenters. The van der Waals surface area contributed by atoms with E-state index in [-0.39, 0.29) is 6.10 Å². The van der Waals surface area contributed by atoms with Crippen LogP contribution in [0, 0.1) is 5.92 Å². The minimum Gasteiger partial charge on any atom is -0.377 e. The van der Waals surface area contributed by atoms with E-state index in [4.69, 9.17) is 17.0 Å². The SMILES string of the molecule is COC(C(=S)NCC1CC1)c1ccccn1. The average molecular weight is 236 g/mol. The van der Waals surface area contributed by atoms with Gasteiger partial charge in [-0.3, -0.25) is 4.98 Å². The smallest absolute Gasteiger partial charge is 0.149 e. The van der Waals surface area contributed by atoms with Crippen LogP contribution < -0.4 is 5.32 Å². The summed E-state index contributed by atoms with van der Waals surface area (Å²) < 4.78 is 5.38. The van der Waals surface area contributed by atoms with Gasteiger partial charge in [-0.05, 0) is 30.9 Å². The van der Waals surface area contributed by atoms with Crippen LogP contribution in [0.4, 0.5) is 0 Å². The summed E-state index contributed by atoms with van der Waals surface area (Å²) >= 11 is 5.33. The molecule has 1 fully saturated rings. The lowest BCUT2D eigenvalue weighted by Crippen LogP contribution is -2.30. The molecule has 1 N–H and O–H groups in total. The van der Waals surface area contributed by atoms with Crippen LogP contribution in [0.3, 0.4) is 0 Å². The summed E-state index contributed by atoms with van der Waals surface area (Å²) in [6.07, 6.45) is 4.16. The predicted molar refractivity (Wildman–Crippen MR) is 67.3 cm³/mol. The van der Waals surface area contributed by atoms with Gasteiger partial charge in [0.25, 0.3) is 0 Å². The van der Waals surface area contributed by atoms with E-state index in [1.54, 1.807) is 13.3 Å². The number of methoxy groups -OCH3 is 1. The molecule has 1 aromatic rings. The third-order valence-electron chi connectivity index (χ3n) is 2.69. The van der Waals surface area contributed by atoms with Gasteiger partial charge in [-0.2, -0.15) is 0 Å². The third kappa shape index (κ3) is 3.00. The summed E-state index contributed by atoms with van der Waals surface area (Å²) in [7, 11) is 1.66. The fraction of sp³-hybridized carbons (Fsp3) is 0.500. The van der Waals surface area contributed by atoms with Crippen LogP contribution in [0.25, 0.3) is 0 Å². The van der Waals surface area contributed by atoms with Crippen molar-refractivity contribution < 1.29 is 4.74 Å². The minimum atomic E-state index is -0.227. The second-order valence-electron chi connectivity index (χ2n) is 4.06. The number of hydrogen-bond donors (Lipinski definition) is 1. The molecule has 4 heteroatoms. The molecule has 0 radical (unpaired) electrons. The summed E-state index contributed by atoms with van der Waals surface area (Å²) in [6, 6.07) is 5.76. The van der Waals surface area contributed by atoms with E-state index in [9.17, 15) is 0 Å². The number of pyridine rings is 1. The first-order valence-electron chi connectivity index (χ1n) is 5.52. The third-order valence-corrected chi connectivity index (χ3v) is 3.05. The number of nitrogens with zero attached hydrogens (tertiary/aromatic N) is 1. The maximum Gasteiger partial charge on any atom is 0.149 e. The molecule has 0 amide bonds. The van der Waals surface area contributed by atoms with Crippen molar-refractivity contribution in [3.63, 3.8) is 0 Å². The van der Waals surface area contributed by atoms with E-state index in [1.165, 1.54) is 12.8 Å². The van der Waals surface area contributed by atoms with Gasteiger partial charge >= 0.3 is 0 Å². The highest BCUT2D eigenvalue weighted by molar-refractivity contribution is 7.80. The van der Waals surface area contributed by atoms with Crippen LogP contribution in [0.15, 0.2) is 24.4 Å². The zero-order valence-electron chi connectivity index (χ0n) is 9.35. The van der Waals surface area contributed by atoms with Crippen molar-refractivity contribution in [1.82, 2.24) is 10.3 Å². The molecule has 1 aromatic heterocycles. The van der Waals surface area contributed by atoms with Crippen molar-refractivity contribution in [1.29, 1.82) is 0 Å². The Balaban J connectivity index is 1.95. The van der Waals surface area contributed by atoms with Gasteiger partial charge in [0.05, 0.1) is 5.69 Å².